The van der Waals surface area contributed by atoms with Gasteiger partial charge in [-0.2, -0.15) is 0 Å². The summed E-state index contributed by atoms with van der Waals surface area (Å²) in [6.45, 7) is 0. The van der Waals surface area contributed by atoms with Crippen LogP contribution in [0.25, 0.3) is 10.8 Å². The first kappa shape index (κ1) is 13.3. The Hall–Kier alpha value is -1.67. The predicted molar refractivity (Wildman–Crippen MR) is 84.7 cm³/mol. The highest BCUT2D eigenvalue weighted by molar-refractivity contribution is 5.85. The van der Waals surface area contributed by atoms with Crippen molar-refractivity contribution in [3.05, 3.63) is 53.9 Å². The van der Waals surface area contributed by atoms with Gasteiger partial charge in [0, 0.05) is 23.8 Å². The normalized spacial score (nSPS) is 16.9. The Kier molecular flexibility index (Phi) is 4.12. The van der Waals surface area contributed by atoms with E-state index in [2.05, 4.69) is 47.7 Å². The zero-order chi connectivity index (χ0) is 13.8. The van der Waals surface area contributed by atoms with E-state index >= 15 is 0 Å². The molecule has 1 aromatic carbocycles. The Labute approximate surface area is 120 Å². The molecule has 0 fully saturated rings. The maximum absolute atomic E-state index is 4.29. The van der Waals surface area contributed by atoms with Crippen molar-refractivity contribution in [3.63, 3.8) is 0 Å². The summed E-state index contributed by atoms with van der Waals surface area (Å²) in [7, 11) is 2.06. The largest absolute Gasteiger partial charge is 0.313 e. The van der Waals surface area contributed by atoms with Crippen LogP contribution in [-0.2, 0) is 0 Å². The summed E-state index contributed by atoms with van der Waals surface area (Å²) in [4.78, 5) is 4.29. The molecule has 2 aromatic rings. The van der Waals surface area contributed by atoms with Crippen molar-refractivity contribution in [1.82, 2.24) is 10.3 Å². The fourth-order valence-electron chi connectivity index (χ4n) is 3.16. The molecule has 1 unspecified atom stereocenters. The second-order valence-corrected chi connectivity index (χ2v) is 5.60. The van der Waals surface area contributed by atoms with Crippen LogP contribution in [0.2, 0.25) is 0 Å². The lowest BCUT2D eigenvalue weighted by Gasteiger charge is -2.22. The van der Waals surface area contributed by atoms with Gasteiger partial charge in [-0.05, 0) is 56.2 Å². The highest BCUT2D eigenvalue weighted by Crippen LogP contribution is 2.30. The SMILES string of the molecule is CNC(CC1=CCCCC1)c1cccc2ccncc12. The van der Waals surface area contributed by atoms with E-state index < -0.39 is 0 Å². The Morgan fingerprint density at radius 1 is 1.25 bits per heavy atom. The minimum Gasteiger partial charge on any atom is -0.313 e. The number of benzene rings is 1. The molecule has 1 N–H and O–H groups in total. The summed E-state index contributed by atoms with van der Waals surface area (Å²) in [6, 6.07) is 9.01. The van der Waals surface area contributed by atoms with Gasteiger partial charge in [0.25, 0.3) is 0 Å². The van der Waals surface area contributed by atoms with Crippen LogP contribution in [0.4, 0.5) is 0 Å². The second kappa shape index (κ2) is 6.19. The third-order valence-electron chi connectivity index (χ3n) is 4.29. The van der Waals surface area contributed by atoms with Crippen LogP contribution in [0.5, 0.6) is 0 Å². The van der Waals surface area contributed by atoms with Crippen molar-refractivity contribution in [3.8, 4) is 0 Å². The van der Waals surface area contributed by atoms with Gasteiger partial charge in [0.1, 0.15) is 0 Å². The molecule has 1 heterocycles. The summed E-state index contributed by atoms with van der Waals surface area (Å²) in [5, 5.41) is 6.03. The van der Waals surface area contributed by atoms with Crippen molar-refractivity contribution in [2.75, 3.05) is 7.05 Å². The van der Waals surface area contributed by atoms with Gasteiger partial charge in [-0.15, -0.1) is 0 Å². The Morgan fingerprint density at radius 3 is 3.00 bits per heavy atom. The number of hydrogen-bond donors (Lipinski definition) is 1. The fraction of sp³-hybridized carbons (Fsp3) is 0.389. The topological polar surface area (TPSA) is 24.9 Å². The molecule has 1 atom stereocenters. The number of pyridine rings is 1. The first-order chi connectivity index (χ1) is 9.88. The molecule has 1 aliphatic rings. The van der Waals surface area contributed by atoms with Crippen molar-refractivity contribution in [2.24, 2.45) is 0 Å². The fourth-order valence-corrected chi connectivity index (χ4v) is 3.16. The third kappa shape index (κ3) is 2.75. The second-order valence-electron chi connectivity index (χ2n) is 5.60. The van der Waals surface area contributed by atoms with E-state index in [0.29, 0.717) is 6.04 Å². The average molecular weight is 266 g/mol. The molecule has 1 aliphatic carbocycles. The number of nitrogens with one attached hydrogen (secondary N) is 1. The van der Waals surface area contributed by atoms with Crippen LogP contribution in [0.1, 0.15) is 43.7 Å². The molecule has 2 nitrogen and oxygen atoms in total. The molecule has 0 aliphatic heterocycles. The van der Waals surface area contributed by atoms with Gasteiger partial charge in [0.2, 0.25) is 0 Å². The molecule has 104 valence electrons. The zero-order valence-corrected chi connectivity index (χ0v) is 12.1. The zero-order valence-electron chi connectivity index (χ0n) is 12.1. The smallest absolute Gasteiger partial charge is 0.0361 e. The molecule has 2 heteroatoms. The number of allylic oxidation sites excluding steroid dienone is 1. The van der Waals surface area contributed by atoms with Gasteiger partial charge >= 0.3 is 0 Å². The van der Waals surface area contributed by atoms with Gasteiger partial charge in [0.15, 0.2) is 0 Å². The molecule has 0 amide bonds. The highest BCUT2D eigenvalue weighted by atomic mass is 14.9. The van der Waals surface area contributed by atoms with Crippen LogP contribution in [0.3, 0.4) is 0 Å². The van der Waals surface area contributed by atoms with Gasteiger partial charge in [-0.25, -0.2) is 0 Å². The number of rotatable bonds is 4. The van der Waals surface area contributed by atoms with Gasteiger partial charge in [0.05, 0.1) is 0 Å². The van der Waals surface area contributed by atoms with Crippen LogP contribution in [0.15, 0.2) is 48.3 Å². The van der Waals surface area contributed by atoms with Crippen molar-refractivity contribution in [1.29, 1.82) is 0 Å². The molecule has 20 heavy (non-hydrogen) atoms. The Balaban J connectivity index is 1.92. The van der Waals surface area contributed by atoms with E-state index in [0.717, 1.165) is 6.42 Å². The lowest BCUT2D eigenvalue weighted by Crippen LogP contribution is -2.18. The van der Waals surface area contributed by atoms with E-state index in [9.17, 15) is 0 Å². The molecular formula is C18H22N2. The monoisotopic (exact) mass is 266 g/mol. The quantitative estimate of drug-likeness (QED) is 0.830. The van der Waals surface area contributed by atoms with E-state index in [-0.39, 0.29) is 0 Å². The lowest BCUT2D eigenvalue weighted by atomic mass is 9.90. The minimum absolute atomic E-state index is 0.382. The molecule has 0 saturated carbocycles. The average Bonchev–Trinajstić information content (AvgIpc) is 2.53. The van der Waals surface area contributed by atoms with Crippen LogP contribution >= 0.6 is 0 Å². The molecule has 0 radical (unpaired) electrons. The molecule has 0 spiro atoms. The lowest BCUT2D eigenvalue weighted by molar-refractivity contribution is 0.562. The molecule has 1 aromatic heterocycles. The number of nitrogens with zero attached hydrogens (tertiary/aromatic N) is 1. The van der Waals surface area contributed by atoms with Crippen LogP contribution in [-0.4, -0.2) is 12.0 Å². The van der Waals surface area contributed by atoms with Crippen LogP contribution < -0.4 is 5.32 Å². The van der Waals surface area contributed by atoms with Crippen molar-refractivity contribution < 1.29 is 0 Å². The number of fused-ring (bicyclic) bond motifs is 1. The number of aromatic nitrogens is 1. The summed E-state index contributed by atoms with van der Waals surface area (Å²) in [5.41, 5.74) is 2.97. The van der Waals surface area contributed by atoms with Crippen molar-refractivity contribution in [2.45, 2.75) is 38.1 Å². The van der Waals surface area contributed by atoms with Crippen LogP contribution in [0, 0.1) is 0 Å². The first-order valence-electron chi connectivity index (χ1n) is 7.56. The van der Waals surface area contributed by atoms with Gasteiger partial charge < -0.3 is 5.32 Å². The molecule has 0 bridgehead atoms. The standard InChI is InChI=1S/C18H22N2/c1-19-18(12-14-6-3-2-4-7-14)16-9-5-8-15-10-11-20-13-17(15)16/h5-6,8-11,13,18-19H,2-4,7,12H2,1H3. The predicted octanol–water partition coefficient (Wildman–Crippen LogP) is 4.39. The molecule has 3 rings (SSSR count). The Bertz CT molecular complexity index is 610. The first-order valence-corrected chi connectivity index (χ1v) is 7.56. The summed E-state index contributed by atoms with van der Waals surface area (Å²) >= 11 is 0. The minimum atomic E-state index is 0.382. The van der Waals surface area contributed by atoms with Gasteiger partial charge in [-0.1, -0.05) is 29.8 Å². The summed E-state index contributed by atoms with van der Waals surface area (Å²) in [5.74, 6) is 0. The number of hydrogen-bond acceptors (Lipinski definition) is 2. The molecule has 0 saturated heterocycles. The van der Waals surface area contributed by atoms with E-state index in [1.165, 1.54) is 42.0 Å². The summed E-state index contributed by atoms with van der Waals surface area (Å²) in [6.07, 6.45) is 12.6. The summed E-state index contributed by atoms with van der Waals surface area (Å²) < 4.78 is 0. The van der Waals surface area contributed by atoms with Crippen molar-refractivity contribution >= 4 is 10.8 Å². The molecular weight excluding hydrogens is 244 g/mol. The highest BCUT2D eigenvalue weighted by Gasteiger charge is 2.15. The van der Waals surface area contributed by atoms with E-state index in [1.54, 1.807) is 5.57 Å². The third-order valence-corrected chi connectivity index (χ3v) is 4.29. The van der Waals surface area contributed by atoms with Gasteiger partial charge in [-0.3, -0.25) is 4.98 Å². The maximum Gasteiger partial charge on any atom is 0.0361 e. The maximum atomic E-state index is 4.29. The Morgan fingerprint density at radius 2 is 2.20 bits per heavy atom. The van der Waals surface area contributed by atoms with E-state index in [4.69, 9.17) is 0 Å². The van der Waals surface area contributed by atoms with E-state index in [1.807, 2.05) is 12.4 Å².